The maximum absolute atomic E-state index is 9.42. The fourth-order valence-corrected chi connectivity index (χ4v) is 10.8. The van der Waals surface area contributed by atoms with Crippen molar-refractivity contribution >= 4 is 98.4 Å². The largest absolute Gasteiger partial charge is 0.431 e. The molecule has 24 nitrogen and oxygen atoms in total. The van der Waals surface area contributed by atoms with Gasteiger partial charge in [0.1, 0.15) is 23.0 Å². The highest BCUT2D eigenvalue weighted by Crippen LogP contribution is 2.56. The highest BCUT2D eigenvalue weighted by molar-refractivity contribution is 8.12. The summed E-state index contributed by atoms with van der Waals surface area (Å²) in [5, 5.41) is 17.7. The van der Waals surface area contributed by atoms with Gasteiger partial charge in [0.25, 0.3) is 0 Å². The van der Waals surface area contributed by atoms with Crippen molar-refractivity contribution in [3.05, 3.63) is 161 Å². The van der Waals surface area contributed by atoms with Crippen LogP contribution in [0.2, 0.25) is 0 Å². The maximum Gasteiger partial charge on any atom is 0.379 e. The van der Waals surface area contributed by atoms with E-state index in [1.54, 1.807) is 125 Å². The van der Waals surface area contributed by atoms with E-state index >= 15 is 0 Å². The summed E-state index contributed by atoms with van der Waals surface area (Å²) < 4.78 is 29.0. The van der Waals surface area contributed by atoms with Crippen molar-refractivity contribution < 1.29 is 18.1 Å². The molecule has 11 rings (SSSR count). The molecule has 64 heavy (non-hydrogen) atoms. The van der Waals surface area contributed by atoms with Crippen LogP contribution in [0, 0.1) is 0 Å². The molecule has 0 radical (unpaired) electrons. The van der Waals surface area contributed by atoms with E-state index in [1.807, 2.05) is 0 Å². The third kappa shape index (κ3) is 12.9. The quantitative estimate of drug-likeness (QED) is 0.0798. The number of benzene rings is 4. The van der Waals surface area contributed by atoms with Gasteiger partial charge in [-0.2, -0.15) is 20.4 Å². The Morgan fingerprint density at radius 3 is 0.781 bits per heavy atom. The van der Waals surface area contributed by atoms with Crippen LogP contribution in [0.4, 0.5) is 0 Å². The van der Waals surface area contributed by atoms with Crippen LogP contribution in [0.3, 0.4) is 0 Å². The second-order valence-corrected chi connectivity index (χ2v) is 25.7. The van der Waals surface area contributed by atoms with Crippen LogP contribution in [0.25, 0.3) is 41.8 Å². The van der Waals surface area contributed by atoms with E-state index in [-0.39, 0.29) is 23.0 Å². The van der Waals surface area contributed by atoms with Gasteiger partial charge in [-0.05, 0) is 198 Å². The van der Waals surface area contributed by atoms with E-state index in [9.17, 15) is 22.1 Å². The molecule has 0 atom stereocenters. The molecular weight excluding hydrogens is 981 g/mol. The Bertz CT molecular complexity index is 2520. The minimum absolute atomic E-state index is 0.251. The first-order valence-electron chi connectivity index (χ1n) is 17.5. The minimum Gasteiger partial charge on any atom is -0.431 e. The van der Waals surface area contributed by atoms with Crippen molar-refractivity contribution in [3.63, 3.8) is 0 Å². The number of azide groups is 4. The van der Waals surface area contributed by atoms with E-state index in [1.165, 1.54) is 44.0 Å². The van der Waals surface area contributed by atoms with Crippen molar-refractivity contribution in [3.8, 4) is 23.0 Å². The Balaban J connectivity index is 1.49. The van der Waals surface area contributed by atoms with Gasteiger partial charge >= 0.3 is 13.3 Å². The van der Waals surface area contributed by atoms with E-state index in [4.69, 9.17) is 65.3 Å². The van der Waals surface area contributed by atoms with Gasteiger partial charge in [0.2, 0.25) is 13.0 Å². The van der Waals surface area contributed by atoms with E-state index in [2.05, 4.69) is 59.6 Å². The second kappa shape index (κ2) is 21.9. The number of hydrazone groups is 4. The van der Waals surface area contributed by atoms with Gasteiger partial charge in [-0.15, -0.1) is 0 Å². The first-order chi connectivity index (χ1) is 30.6. The average Bonchev–Trinajstić information content (AvgIpc) is 3.27. The molecule has 0 N–H and O–H groups in total. The van der Waals surface area contributed by atoms with Gasteiger partial charge in [-0.25, -0.2) is 19.1 Å². The minimum atomic E-state index is -3.63. The summed E-state index contributed by atoms with van der Waals surface area (Å²) in [4.78, 5) is 26.7. The molecule has 7 heterocycles. The summed E-state index contributed by atoms with van der Waals surface area (Å²) in [7, 11) is 6.22. The predicted octanol–water partition coefficient (Wildman–Crippen LogP) is 11.5. The fourth-order valence-electron chi connectivity index (χ4n) is 4.78. The van der Waals surface area contributed by atoms with Gasteiger partial charge in [0.15, 0.2) is 0 Å². The van der Waals surface area contributed by atoms with Crippen molar-refractivity contribution in [2.24, 2.45) is 39.9 Å². The van der Waals surface area contributed by atoms with Crippen LogP contribution < -0.4 is 18.1 Å². The van der Waals surface area contributed by atoms with E-state index in [0.29, 0.717) is 22.3 Å². The molecule has 328 valence electrons. The lowest BCUT2D eigenvalue weighted by atomic mass is 10.2. The highest BCUT2D eigenvalue weighted by Gasteiger charge is 2.27. The zero-order valence-corrected chi connectivity index (χ0v) is 40.4. The molecule has 4 aromatic carbocycles. The lowest BCUT2D eigenvalue weighted by Crippen LogP contribution is -2.18. The topological polar surface area (TPSA) is 294 Å². The molecule has 0 aliphatic carbocycles. The predicted molar refractivity (Wildman–Crippen MR) is 263 cm³/mol. The van der Waals surface area contributed by atoms with Crippen molar-refractivity contribution in [2.75, 3.05) is 28.2 Å². The lowest BCUT2D eigenvalue weighted by Gasteiger charge is -2.31. The molecular formula is C32H32N20O4P4S4. The molecule has 7 aliphatic rings. The SMILES string of the molecule is CN1N=Cc2ccc(cc2)OP(=S)(N=[N+]=[N-])Oc2ccc(cc2)C=NN(C)P(=S)(N=[N+]=[N-])N(C)N=Cc2ccc(cc2)OP(=S)(N=[N+]=[N-])Oc2ccc(cc2)C=NN(C)P1(=S)N=[N+]=[N-]. The van der Waals surface area contributed by atoms with Crippen LogP contribution >= 0.6 is 26.3 Å². The Kier molecular flexibility index (Phi) is 16.7. The highest BCUT2D eigenvalue weighted by atomic mass is 32.5. The maximum atomic E-state index is 9.42. The monoisotopic (exact) mass is 1010 g/mol. The standard InChI is InChI=1S/C32H32N20O4P4S4/c1-49-37-21-25-5-13-29(14-6-25)53-59(63,47-43-35)55-31-17-9-27(10-18-31)23-39-51(3)58(62,46-42-34)52(4)40-24-28-11-19-32(20-12-28)56-60(64,48-44-36)54-30-15-7-26(8-16-30)22-38-50(2)57(49,61)45-41-33/h5-24H,1-4H3. The summed E-state index contributed by atoms with van der Waals surface area (Å²) in [6, 6.07) is 25.9. The van der Waals surface area contributed by atoms with Gasteiger partial charge < -0.3 is 18.1 Å². The molecule has 0 aromatic heterocycles. The molecule has 0 fully saturated rings. The molecule has 8 bridgehead atoms. The molecule has 0 amide bonds. The summed E-state index contributed by atoms with van der Waals surface area (Å²) >= 11 is 22.7. The second-order valence-electron chi connectivity index (χ2n) is 12.3. The number of nitrogens with zero attached hydrogens (tertiary/aromatic N) is 20. The van der Waals surface area contributed by atoms with Crippen molar-refractivity contribution in [1.82, 2.24) is 19.1 Å². The van der Waals surface area contributed by atoms with Gasteiger partial charge in [0.05, 0.1) is 24.9 Å². The molecule has 0 unspecified atom stereocenters. The first-order valence-corrected chi connectivity index (χ1v) is 28.0. The summed E-state index contributed by atoms with van der Waals surface area (Å²) in [5.41, 5.74) is 39.9. The Morgan fingerprint density at radius 2 is 0.594 bits per heavy atom. The molecule has 7 aliphatic heterocycles. The third-order valence-electron chi connectivity index (χ3n) is 8.02. The van der Waals surface area contributed by atoms with Crippen molar-refractivity contribution in [1.29, 1.82) is 0 Å². The summed E-state index contributed by atoms with van der Waals surface area (Å²) in [5.74, 6) is 1.00. The molecule has 0 saturated heterocycles. The van der Waals surface area contributed by atoms with E-state index < -0.39 is 26.3 Å². The zero-order chi connectivity index (χ0) is 46.4. The Morgan fingerprint density at radius 1 is 0.391 bits per heavy atom. The van der Waals surface area contributed by atoms with Crippen LogP contribution in [0.1, 0.15) is 22.3 Å². The average molecular weight is 1010 g/mol. The van der Waals surface area contributed by atoms with Crippen LogP contribution in [-0.2, 0) is 47.2 Å². The smallest absolute Gasteiger partial charge is 0.379 e. The molecule has 32 heteroatoms. The van der Waals surface area contributed by atoms with Crippen LogP contribution in [0.15, 0.2) is 137 Å². The number of hydrogen-bond acceptors (Lipinski definition) is 12. The normalized spacial score (nSPS) is 22.7. The summed E-state index contributed by atoms with van der Waals surface area (Å²) in [6.45, 7) is -13.8. The van der Waals surface area contributed by atoms with Gasteiger partial charge in [-0.1, -0.05) is 0 Å². The Labute approximate surface area is 385 Å². The number of rotatable bonds is 4. The fraction of sp³-hybridized carbons (Fsp3) is 0.125. The van der Waals surface area contributed by atoms with Crippen LogP contribution in [0.5, 0.6) is 23.0 Å². The zero-order valence-electron chi connectivity index (χ0n) is 33.5. The number of hydrogen-bond donors (Lipinski definition) is 0. The molecule has 0 spiro atoms. The molecule has 4 aromatic rings. The van der Waals surface area contributed by atoms with Crippen LogP contribution in [-0.4, -0.2) is 72.2 Å². The first kappa shape index (κ1) is 48.8. The third-order valence-corrected chi connectivity index (χ3v) is 19.0. The summed E-state index contributed by atoms with van der Waals surface area (Å²) in [6.07, 6.45) is 5.95. The lowest BCUT2D eigenvalue weighted by molar-refractivity contribution is 0.486. The van der Waals surface area contributed by atoms with E-state index in [0.717, 1.165) is 0 Å². The molecule has 0 saturated carbocycles. The van der Waals surface area contributed by atoms with Crippen molar-refractivity contribution in [2.45, 2.75) is 0 Å². The Hall–Kier alpha value is -6.20. The van der Waals surface area contributed by atoms with Gasteiger partial charge in [0, 0.05) is 57.6 Å². The van der Waals surface area contributed by atoms with Gasteiger partial charge in [-0.3, -0.25) is 0 Å².